The number of ether oxygens (including phenoxy) is 1. The van der Waals surface area contributed by atoms with E-state index < -0.39 is 35.3 Å². The highest BCUT2D eigenvalue weighted by Crippen LogP contribution is 2.38. The number of urea groups is 1. The second-order valence-electron chi connectivity index (χ2n) is 9.65. The Morgan fingerprint density at radius 1 is 1.15 bits per heavy atom. The van der Waals surface area contributed by atoms with E-state index in [1.165, 1.54) is 0 Å². The van der Waals surface area contributed by atoms with E-state index in [0.29, 0.717) is 32.6 Å². The smallest absolute Gasteiger partial charge is 0.408 e. The topological polar surface area (TPSA) is 132 Å². The molecule has 1 spiro atoms. The van der Waals surface area contributed by atoms with E-state index in [4.69, 9.17) is 4.74 Å². The van der Waals surface area contributed by atoms with E-state index in [2.05, 4.69) is 15.5 Å². The van der Waals surface area contributed by atoms with Gasteiger partial charge in [0.15, 0.2) is 0 Å². The van der Waals surface area contributed by atoms with Crippen LogP contribution in [0.5, 0.6) is 0 Å². The molecule has 0 radical (unpaired) electrons. The normalized spacial score (nSPS) is 18.6. The number of rotatable bonds is 5. The van der Waals surface area contributed by atoms with Crippen LogP contribution in [0.3, 0.4) is 0 Å². The van der Waals surface area contributed by atoms with E-state index in [0.717, 1.165) is 5.69 Å². The molecule has 0 aliphatic carbocycles. The van der Waals surface area contributed by atoms with Crippen LogP contribution in [0.25, 0.3) is 0 Å². The van der Waals surface area contributed by atoms with Crippen molar-refractivity contribution < 1.29 is 29.0 Å². The van der Waals surface area contributed by atoms with Gasteiger partial charge in [0, 0.05) is 25.8 Å². The van der Waals surface area contributed by atoms with Crippen molar-refractivity contribution >= 4 is 29.7 Å². The van der Waals surface area contributed by atoms with Crippen molar-refractivity contribution in [3.8, 4) is 0 Å². The zero-order valence-corrected chi connectivity index (χ0v) is 20.0. The van der Waals surface area contributed by atoms with Gasteiger partial charge in [-0.3, -0.25) is 4.79 Å². The first kappa shape index (κ1) is 25.1. The molecule has 2 heterocycles. The summed E-state index contributed by atoms with van der Waals surface area (Å²) in [6, 6.07) is 7.93. The van der Waals surface area contributed by atoms with Gasteiger partial charge in [-0.05, 0) is 45.7 Å². The monoisotopic (exact) mass is 475 g/mol. The van der Waals surface area contributed by atoms with E-state index in [1.54, 1.807) is 37.6 Å². The predicted octanol–water partition coefficient (Wildman–Crippen LogP) is 1.44. The van der Waals surface area contributed by atoms with Crippen LogP contribution >= 0.6 is 0 Å². The molecule has 0 bridgehead atoms. The summed E-state index contributed by atoms with van der Waals surface area (Å²) in [6.45, 7) is 5.85. The molecule has 2 aliphatic heterocycles. The maximum absolute atomic E-state index is 13.1. The number of nitrogens with zero attached hydrogens (tertiary/aromatic N) is 3. The number of piperidine rings is 1. The third kappa shape index (κ3) is 5.52. The molecule has 3 rings (SSSR count). The molecular formula is C23H33N5O6. The fourth-order valence-electron chi connectivity index (χ4n) is 4.33. The minimum absolute atomic E-state index is 0.0314. The van der Waals surface area contributed by atoms with Gasteiger partial charge in [0.05, 0.1) is 13.2 Å². The number of nitrogens with one attached hydrogen (secondary N) is 2. The molecule has 3 N–H and O–H groups in total. The van der Waals surface area contributed by atoms with Crippen molar-refractivity contribution in [3.05, 3.63) is 30.3 Å². The summed E-state index contributed by atoms with van der Waals surface area (Å²) >= 11 is 0. The lowest BCUT2D eigenvalue weighted by atomic mass is 9.85. The van der Waals surface area contributed by atoms with Gasteiger partial charge in [-0.2, -0.15) is 0 Å². The second-order valence-corrected chi connectivity index (χ2v) is 9.65. The minimum atomic E-state index is -1.34. The number of carboxylic acids is 1. The molecule has 11 heteroatoms. The van der Waals surface area contributed by atoms with Gasteiger partial charge in [-0.15, -0.1) is 0 Å². The van der Waals surface area contributed by atoms with Crippen molar-refractivity contribution in [1.29, 1.82) is 0 Å². The molecule has 2 saturated heterocycles. The van der Waals surface area contributed by atoms with Crippen LogP contribution in [-0.4, -0.2) is 89.4 Å². The lowest BCUT2D eigenvalue weighted by Gasteiger charge is -2.43. The molecule has 1 aromatic carbocycles. The Labute approximate surface area is 199 Å². The van der Waals surface area contributed by atoms with E-state index >= 15 is 0 Å². The average molecular weight is 476 g/mol. The average Bonchev–Trinajstić information content (AvgIpc) is 3.01. The highest BCUT2D eigenvalue weighted by Gasteiger charge is 2.53. The van der Waals surface area contributed by atoms with Gasteiger partial charge in [0.25, 0.3) is 0 Å². The molecule has 4 amide bonds. The number of para-hydroxylation sites is 1. The summed E-state index contributed by atoms with van der Waals surface area (Å²) in [6.07, 6.45) is 0.0347. The largest absolute Gasteiger partial charge is 0.480 e. The first-order valence-electron chi connectivity index (χ1n) is 11.3. The minimum Gasteiger partial charge on any atom is -0.480 e. The number of carboxylic acid groups (broad SMARTS) is 1. The fourth-order valence-corrected chi connectivity index (χ4v) is 4.33. The third-order valence-corrected chi connectivity index (χ3v) is 6.01. The molecule has 0 saturated carbocycles. The van der Waals surface area contributed by atoms with Gasteiger partial charge in [-0.1, -0.05) is 18.2 Å². The quantitative estimate of drug-likeness (QED) is 0.587. The maximum atomic E-state index is 13.1. The highest BCUT2D eigenvalue weighted by atomic mass is 16.6. The van der Waals surface area contributed by atoms with Crippen LogP contribution in [0.1, 0.15) is 33.6 Å². The fraction of sp³-hybridized carbons (Fsp3) is 0.565. The third-order valence-electron chi connectivity index (χ3n) is 6.01. The maximum Gasteiger partial charge on any atom is 0.408 e. The van der Waals surface area contributed by atoms with Crippen molar-refractivity contribution in [2.75, 3.05) is 38.3 Å². The van der Waals surface area contributed by atoms with Crippen LogP contribution in [0.4, 0.5) is 15.3 Å². The zero-order valence-electron chi connectivity index (χ0n) is 20.0. The summed E-state index contributed by atoms with van der Waals surface area (Å²) in [7, 11) is 1.77. The van der Waals surface area contributed by atoms with Crippen LogP contribution in [0.2, 0.25) is 0 Å². The van der Waals surface area contributed by atoms with Gasteiger partial charge < -0.3 is 35.2 Å². The van der Waals surface area contributed by atoms with Gasteiger partial charge in [0.2, 0.25) is 5.91 Å². The Kier molecular flexibility index (Phi) is 7.23. The van der Waals surface area contributed by atoms with E-state index in [-0.39, 0.29) is 12.5 Å². The molecule has 186 valence electrons. The number of hydrogen-bond acceptors (Lipinski definition) is 6. The van der Waals surface area contributed by atoms with Crippen LogP contribution in [-0.2, 0) is 14.3 Å². The van der Waals surface area contributed by atoms with E-state index in [9.17, 15) is 24.3 Å². The Balaban J connectivity index is 1.59. The number of likely N-dealkylation sites (tertiary alicyclic amines) is 1. The molecule has 11 nitrogen and oxygen atoms in total. The molecular weight excluding hydrogens is 442 g/mol. The number of alkyl carbamates (subject to hydrolysis) is 1. The van der Waals surface area contributed by atoms with E-state index in [1.807, 2.05) is 30.3 Å². The highest BCUT2D eigenvalue weighted by molar-refractivity contribution is 5.93. The molecule has 1 unspecified atom stereocenters. The number of carbonyl (C=O) groups is 4. The number of hydrogen-bond donors (Lipinski definition) is 3. The lowest BCUT2D eigenvalue weighted by Crippen LogP contribution is -2.59. The van der Waals surface area contributed by atoms with Crippen molar-refractivity contribution in [3.63, 3.8) is 0 Å². The SMILES string of the molecule is CN1CN(c2ccccc2)C2(CCN(C(=O)NCC(NC(=O)OC(C)(C)C)C(=O)O)CC2)C1=O. The molecule has 1 aromatic rings. The van der Waals surface area contributed by atoms with Crippen LogP contribution in [0.15, 0.2) is 30.3 Å². The summed E-state index contributed by atoms with van der Waals surface area (Å²) in [4.78, 5) is 54.6. The number of aliphatic carboxylic acids is 1. The van der Waals surface area contributed by atoms with Gasteiger partial charge >= 0.3 is 18.1 Å². The second kappa shape index (κ2) is 9.78. The summed E-state index contributed by atoms with van der Waals surface area (Å²) in [5.41, 5.74) is -0.538. The Morgan fingerprint density at radius 3 is 2.32 bits per heavy atom. The molecule has 2 fully saturated rings. The zero-order chi connectivity index (χ0) is 25.1. The van der Waals surface area contributed by atoms with Gasteiger partial charge in [0.1, 0.15) is 17.2 Å². The number of amides is 4. The van der Waals surface area contributed by atoms with Crippen molar-refractivity contribution in [2.45, 2.75) is 50.8 Å². The summed E-state index contributed by atoms with van der Waals surface area (Å²) in [5.74, 6) is -1.26. The Morgan fingerprint density at radius 2 is 1.76 bits per heavy atom. The Hall–Kier alpha value is -3.50. The molecule has 2 aliphatic rings. The number of benzene rings is 1. The molecule has 1 atom stereocenters. The predicted molar refractivity (Wildman–Crippen MR) is 124 cm³/mol. The van der Waals surface area contributed by atoms with Crippen LogP contribution in [0, 0.1) is 0 Å². The summed E-state index contributed by atoms with van der Waals surface area (Å²) < 4.78 is 5.08. The first-order valence-corrected chi connectivity index (χ1v) is 11.3. The lowest BCUT2D eigenvalue weighted by molar-refractivity contribution is -0.139. The van der Waals surface area contributed by atoms with Crippen molar-refractivity contribution in [2.24, 2.45) is 0 Å². The summed E-state index contributed by atoms with van der Waals surface area (Å²) in [5, 5.41) is 14.2. The number of anilines is 1. The first-order chi connectivity index (χ1) is 15.9. The van der Waals surface area contributed by atoms with Crippen LogP contribution < -0.4 is 15.5 Å². The number of carbonyl (C=O) groups excluding carboxylic acids is 3. The Bertz CT molecular complexity index is 924. The van der Waals surface area contributed by atoms with Gasteiger partial charge in [-0.25, -0.2) is 14.4 Å². The molecule has 34 heavy (non-hydrogen) atoms. The van der Waals surface area contributed by atoms with Crippen molar-refractivity contribution in [1.82, 2.24) is 20.4 Å². The number of likely N-dealkylation sites (N-methyl/N-ethyl adjacent to an activating group) is 1. The standard InChI is InChI=1S/C23H33N5O6/c1-22(2,3)34-21(33)25-17(18(29)30)14-24-20(32)27-12-10-23(11-13-27)19(31)26(4)15-28(23)16-8-6-5-7-9-16/h5-9,17H,10-15H2,1-4H3,(H,24,32)(H,25,33)(H,29,30). The molecule has 0 aromatic heterocycles.